The lowest BCUT2D eigenvalue weighted by molar-refractivity contribution is 0.351. The maximum absolute atomic E-state index is 12.0. The van der Waals surface area contributed by atoms with Crippen LogP contribution in [0.15, 0.2) is 23.0 Å². The predicted molar refractivity (Wildman–Crippen MR) is 81.6 cm³/mol. The normalized spacial score (nSPS) is 9.95. The molecule has 0 aliphatic rings. The van der Waals surface area contributed by atoms with Crippen molar-refractivity contribution in [1.82, 2.24) is 4.98 Å². The highest BCUT2D eigenvalue weighted by molar-refractivity contribution is 5.83. The molecule has 114 valence electrons. The van der Waals surface area contributed by atoms with E-state index in [-0.39, 0.29) is 5.56 Å². The number of ether oxygens (including phenoxy) is 3. The minimum Gasteiger partial charge on any atom is -0.496 e. The molecule has 6 nitrogen and oxygen atoms in total. The van der Waals surface area contributed by atoms with Crippen molar-refractivity contribution in [3.63, 3.8) is 0 Å². The Labute approximate surface area is 127 Å². The number of methoxy groups -OCH3 is 3. The first kappa shape index (κ1) is 15.4. The smallest absolute Gasteiger partial charge is 0.266 e. The molecular weight excluding hydrogens is 284 g/mol. The summed E-state index contributed by atoms with van der Waals surface area (Å²) in [7, 11) is 4.52. The summed E-state index contributed by atoms with van der Waals surface area (Å²) in [6.07, 6.45) is 0. The van der Waals surface area contributed by atoms with Gasteiger partial charge in [0.1, 0.15) is 17.4 Å². The Kier molecular flexibility index (Phi) is 4.37. The number of pyridine rings is 1. The molecule has 2 aromatic rings. The van der Waals surface area contributed by atoms with E-state index < -0.39 is 5.56 Å². The Hall–Kier alpha value is -2.94. The zero-order valence-corrected chi connectivity index (χ0v) is 12.8. The van der Waals surface area contributed by atoms with Gasteiger partial charge in [-0.15, -0.1) is 0 Å². The maximum atomic E-state index is 12.0. The van der Waals surface area contributed by atoms with Crippen molar-refractivity contribution < 1.29 is 14.2 Å². The number of nitriles is 1. The van der Waals surface area contributed by atoms with Gasteiger partial charge in [-0.2, -0.15) is 5.26 Å². The van der Waals surface area contributed by atoms with Crippen LogP contribution < -0.4 is 19.8 Å². The number of hydrogen-bond donors (Lipinski definition) is 1. The van der Waals surface area contributed by atoms with Crippen molar-refractivity contribution >= 4 is 0 Å². The molecule has 1 aromatic carbocycles. The van der Waals surface area contributed by atoms with E-state index in [0.29, 0.717) is 34.1 Å². The largest absolute Gasteiger partial charge is 0.496 e. The molecule has 0 spiro atoms. The summed E-state index contributed by atoms with van der Waals surface area (Å²) in [5.41, 5.74) is 1.12. The minimum absolute atomic E-state index is 0.00421. The predicted octanol–water partition coefficient (Wildman–Crippen LogP) is 2.25. The van der Waals surface area contributed by atoms with E-state index >= 15 is 0 Å². The zero-order valence-electron chi connectivity index (χ0n) is 12.8. The molecule has 6 heteroatoms. The summed E-state index contributed by atoms with van der Waals surface area (Å²) in [5.74, 6) is 1.38. The van der Waals surface area contributed by atoms with Crippen LogP contribution in [0.1, 0.15) is 11.3 Å². The molecule has 1 heterocycles. The summed E-state index contributed by atoms with van der Waals surface area (Å²) in [4.78, 5) is 14.6. The van der Waals surface area contributed by atoms with Crippen LogP contribution in [-0.2, 0) is 0 Å². The minimum atomic E-state index is -0.454. The van der Waals surface area contributed by atoms with Gasteiger partial charge in [-0.3, -0.25) is 4.79 Å². The van der Waals surface area contributed by atoms with E-state index in [1.807, 2.05) is 6.07 Å². The standard InChI is InChI=1S/C16H16N2O4/c1-9-7-10(11(8-17)16(19)18-9)14-12(20-2)5-6-13(21-3)15(14)22-4/h5-7H,1-4H3,(H,18,19). The Morgan fingerprint density at radius 1 is 1.09 bits per heavy atom. The van der Waals surface area contributed by atoms with Crippen LogP contribution in [0.4, 0.5) is 0 Å². The topological polar surface area (TPSA) is 84.3 Å². The number of nitrogens with zero attached hydrogens (tertiary/aromatic N) is 1. The molecule has 2 rings (SSSR count). The fraction of sp³-hybridized carbons (Fsp3) is 0.250. The molecule has 0 amide bonds. The van der Waals surface area contributed by atoms with Crippen molar-refractivity contribution in [3.05, 3.63) is 39.8 Å². The van der Waals surface area contributed by atoms with E-state index in [0.717, 1.165) is 0 Å². The Bertz CT molecular complexity index is 803. The van der Waals surface area contributed by atoms with Crippen LogP contribution in [0.25, 0.3) is 11.1 Å². The Morgan fingerprint density at radius 3 is 2.27 bits per heavy atom. The van der Waals surface area contributed by atoms with E-state index in [2.05, 4.69) is 4.98 Å². The first-order chi connectivity index (χ1) is 10.6. The second-order valence-electron chi connectivity index (χ2n) is 4.56. The highest BCUT2D eigenvalue weighted by atomic mass is 16.5. The second kappa shape index (κ2) is 6.22. The SMILES string of the molecule is COc1ccc(OC)c(-c2cc(C)[nH]c(=O)c2C#N)c1OC. The van der Waals surface area contributed by atoms with Crippen molar-refractivity contribution in [2.24, 2.45) is 0 Å². The average Bonchev–Trinajstić information content (AvgIpc) is 2.52. The lowest BCUT2D eigenvalue weighted by Crippen LogP contribution is -2.13. The van der Waals surface area contributed by atoms with Gasteiger partial charge < -0.3 is 19.2 Å². The molecule has 0 radical (unpaired) electrons. The van der Waals surface area contributed by atoms with Gasteiger partial charge in [-0.05, 0) is 25.1 Å². The quantitative estimate of drug-likeness (QED) is 0.936. The Balaban J connectivity index is 2.94. The zero-order chi connectivity index (χ0) is 16.3. The van der Waals surface area contributed by atoms with Crippen molar-refractivity contribution in [2.75, 3.05) is 21.3 Å². The van der Waals surface area contributed by atoms with Crippen LogP contribution >= 0.6 is 0 Å². The first-order valence-corrected chi connectivity index (χ1v) is 6.50. The molecule has 0 unspecified atom stereocenters. The molecule has 0 atom stereocenters. The third-order valence-corrected chi connectivity index (χ3v) is 3.28. The molecule has 0 aliphatic carbocycles. The number of benzene rings is 1. The molecule has 0 bridgehead atoms. The maximum Gasteiger partial charge on any atom is 0.266 e. The van der Waals surface area contributed by atoms with Gasteiger partial charge in [0, 0.05) is 11.3 Å². The van der Waals surface area contributed by atoms with Gasteiger partial charge in [0.25, 0.3) is 5.56 Å². The first-order valence-electron chi connectivity index (χ1n) is 6.50. The number of H-pyrrole nitrogens is 1. The average molecular weight is 300 g/mol. The molecule has 0 aliphatic heterocycles. The molecule has 0 saturated carbocycles. The van der Waals surface area contributed by atoms with Gasteiger partial charge in [0.15, 0.2) is 11.5 Å². The molecule has 22 heavy (non-hydrogen) atoms. The fourth-order valence-corrected chi connectivity index (χ4v) is 2.33. The number of aromatic nitrogens is 1. The molecule has 0 fully saturated rings. The van der Waals surface area contributed by atoms with E-state index in [9.17, 15) is 10.1 Å². The van der Waals surface area contributed by atoms with Crippen LogP contribution in [0, 0.1) is 18.3 Å². The number of aromatic amines is 1. The van der Waals surface area contributed by atoms with Gasteiger partial charge in [0.05, 0.1) is 26.9 Å². The van der Waals surface area contributed by atoms with Crippen molar-refractivity contribution in [1.29, 1.82) is 5.26 Å². The lowest BCUT2D eigenvalue weighted by atomic mass is 9.98. The summed E-state index contributed by atoms with van der Waals surface area (Å²) < 4.78 is 16.1. The highest BCUT2D eigenvalue weighted by Crippen LogP contribution is 2.45. The van der Waals surface area contributed by atoms with Crippen molar-refractivity contribution in [3.8, 4) is 34.4 Å². The van der Waals surface area contributed by atoms with E-state index in [4.69, 9.17) is 14.2 Å². The monoisotopic (exact) mass is 300 g/mol. The highest BCUT2D eigenvalue weighted by Gasteiger charge is 2.22. The third kappa shape index (κ3) is 2.49. The van der Waals surface area contributed by atoms with Gasteiger partial charge in [-0.1, -0.05) is 0 Å². The van der Waals surface area contributed by atoms with Gasteiger partial charge in [0.2, 0.25) is 0 Å². The molecule has 0 saturated heterocycles. The summed E-state index contributed by atoms with van der Waals surface area (Å²) in [6.45, 7) is 1.74. The van der Waals surface area contributed by atoms with E-state index in [1.165, 1.54) is 21.3 Å². The van der Waals surface area contributed by atoms with Gasteiger partial charge >= 0.3 is 0 Å². The molecule has 1 aromatic heterocycles. The number of hydrogen-bond acceptors (Lipinski definition) is 5. The summed E-state index contributed by atoms with van der Waals surface area (Å²) >= 11 is 0. The number of aryl methyl sites for hydroxylation is 1. The fourth-order valence-electron chi connectivity index (χ4n) is 2.33. The Morgan fingerprint density at radius 2 is 1.73 bits per heavy atom. The van der Waals surface area contributed by atoms with Crippen LogP contribution in [-0.4, -0.2) is 26.3 Å². The van der Waals surface area contributed by atoms with Crippen LogP contribution in [0.2, 0.25) is 0 Å². The lowest BCUT2D eigenvalue weighted by Gasteiger charge is -2.17. The van der Waals surface area contributed by atoms with Crippen molar-refractivity contribution in [2.45, 2.75) is 6.92 Å². The molecule has 1 N–H and O–H groups in total. The summed E-state index contributed by atoms with van der Waals surface area (Å²) in [5, 5.41) is 9.32. The van der Waals surface area contributed by atoms with Gasteiger partial charge in [-0.25, -0.2) is 0 Å². The van der Waals surface area contributed by atoms with E-state index in [1.54, 1.807) is 25.1 Å². The number of rotatable bonds is 4. The summed E-state index contributed by atoms with van der Waals surface area (Å²) in [6, 6.07) is 7.05. The number of nitrogens with one attached hydrogen (secondary N) is 1. The third-order valence-electron chi connectivity index (χ3n) is 3.28. The molecular formula is C16H16N2O4. The van der Waals surface area contributed by atoms with Crippen LogP contribution in [0.3, 0.4) is 0 Å². The second-order valence-corrected chi connectivity index (χ2v) is 4.56. The van der Waals surface area contributed by atoms with Crippen LogP contribution in [0.5, 0.6) is 17.2 Å².